The number of anilines is 3. The van der Waals surface area contributed by atoms with Crippen LogP contribution in [0.25, 0.3) is 0 Å². The Bertz CT molecular complexity index is 586. The Balaban J connectivity index is 1.79. The maximum atomic E-state index is 10.8. The Morgan fingerprint density at radius 3 is 2.96 bits per heavy atom. The first-order chi connectivity index (χ1) is 11.9. The number of nitrogen functional groups attached to an aromatic ring is 1. The van der Waals surface area contributed by atoms with Crippen molar-refractivity contribution in [2.45, 2.75) is 25.0 Å². The Labute approximate surface area is 147 Å². The first kappa shape index (κ1) is 19.2. The number of carbonyl (C=O) groups is 1. The van der Waals surface area contributed by atoms with Crippen LogP contribution < -0.4 is 21.7 Å². The van der Waals surface area contributed by atoms with Gasteiger partial charge in [0.25, 0.3) is 0 Å². The molecule has 140 valence electrons. The standard InChI is InChI=1S/C15H27N7O3/c1-21(5-4-11(16)15(23)24)7-10(25-2)3-6-22-9-20-12-13(17)18-8-19-14(12)22/h8,10-11,20H,3-7,9,16H2,1-2H3,(H,23,24)(H2,17,18,19). The van der Waals surface area contributed by atoms with Gasteiger partial charge in [-0.25, -0.2) is 9.97 Å². The lowest BCUT2D eigenvalue weighted by Gasteiger charge is -2.25. The second-order valence-electron chi connectivity index (χ2n) is 6.20. The first-order valence-electron chi connectivity index (χ1n) is 8.21. The summed E-state index contributed by atoms with van der Waals surface area (Å²) in [7, 11) is 3.61. The molecule has 1 aromatic rings. The van der Waals surface area contributed by atoms with E-state index in [0.29, 0.717) is 32.0 Å². The second-order valence-corrected chi connectivity index (χ2v) is 6.20. The summed E-state index contributed by atoms with van der Waals surface area (Å²) in [5, 5.41) is 12.0. The van der Waals surface area contributed by atoms with E-state index in [4.69, 9.17) is 21.3 Å². The maximum absolute atomic E-state index is 10.8. The fourth-order valence-electron chi connectivity index (χ4n) is 2.74. The highest BCUT2D eigenvalue weighted by atomic mass is 16.5. The molecule has 25 heavy (non-hydrogen) atoms. The third-order valence-electron chi connectivity index (χ3n) is 4.31. The minimum absolute atomic E-state index is 0.0225. The zero-order valence-electron chi connectivity index (χ0n) is 14.7. The highest BCUT2D eigenvalue weighted by molar-refractivity contribution is 5.79. The SMILES string of the molecule is COC(CCN1CNc2c(N)ncnc21)CN(C)CCC(N)C(=O)O. The summed E-state index contributed by atoms with van der Waals surface area (Å²) in [5.74, 6) is 0.284. The molecule has 1 aromatic heterocycles. The summed E-state index contributed by atoms with van der Waals surface area (Å²) in [4.78, 5) is 23.2. The number of carboxylic acid groups (broad SMARTS) is 1. The van der Waals surface area contributed by atoms with Crippen LogP contribution in [0.2, 0.25) is 0 Å². The normalized spacial score (nSPS) is 15.8. The topological polar surface area (TPSA) is 143 Å². The van der Waals surface area contributed by atoms with Crippen LogP contribution in [0.4, 0.5) is 17.3 Å². The number of hydrogen-bond acceptors (Lipinski definition) is 9. The van der Waals surface area contributed by atoms with Gasteiger partial charge in [-0.3, -0.25) is 4.79 Å². The van der Waals surface area contributed by atoms with Crippen LogP contribution >= 0.6 is 0 Å². The lowest BCUT2D eigenvalue weighted by atomic mass is 10.2. The van der Waals surface area contributed by atoms with E-state index in [-0.39, 0.29) is 6.10 Å². The predicted molar refractivity (Wildman–Crippen MR) is 95.4 cm³/mol. The molecule has 2 atom stereocenters. The maximum Gasteiger partial charge on any atom is 0.320 e. The monoisotopic (exact) mass is 353 g/mol. The van der Waals surface area contributed by atoms with Gasteiger partial charge in [0, 0.05) is 20.2 Å². The summed E-state index contributed by atoms with van der Waals surface area (Å²) in [5.41, 5.74) is 12.1. The van der Waals surface area contributed by atoms with Crippen molar-refractivity contribution >= 4 is 23.3 Å². The van der Waals surface area contributed by atoms with Crippen LogP contribution in [-0.4, -0.2) is 78.5 Å². The third-order valence-corrected chi connectivity index (χ3v) is 4.31. The molecule has 0 radical (unpaired) electrons. The van der Waals surface area contributed by atoms with Crippen molar-refractivity contribution in [3.63, 3.8) is 0 Å². The van der Waals surface area contributed by atoms with Crippen molar-refractivity contribution in [3.05, 3.63) is 6.33 Å². The van der Waals surface area contributed by atoms with Crippen molar-refractivity contribution in [2.24, 2.45) is 5.73 Å². The van der Waals surface area contributed by atoms with Crippen LogP contribution in [0.15, 0.2) is 6.33 Å². The van der Waals surface area contributed by atoms with Crippen molar-refractivity contribution in [1.82, 2.24) is 14.9 Å². The number of aliphatic carboxylic acids is 1. The minimum Gasteiger partial charge on any atom is -0.480 e. The highest BCUT2D eigenvalue weighted by Gasteiger charge is 2.24. The molecule has 2 heterocycles. The number of methoxy groups -OCH3 is 1. The van der Waals surface area contributed by atoms with E-state index in [1.165, 1.54) is 6.33 Å². The summed E-state index contributed by atoms with van der Waals surface area (Å²) in [6.45, 7) is 2.70. The smallest absolute Gasteiger partial charge is 0.320 e. The highest BCUT2D eigenvalue weighted by Crippen LogP contribution is 2.32. The Morgan fingerprint density at radius 1 is 1.52 bits per heavy atom. The summed E-state index contributed by atoms with van der Waals surface area (Å²) < 4.78 is 5.55. The molecule has 0 fully saturated rings. The van der Waals surface area contributed by atoms with Crippen molar-refractivity contribution in [3.8, 4) is 0 Å². The van der Waals surface area contributed by atoms with E-state index in [1.807, 2.05) is 11.9 Å². The van der Waals surface area contributed by atoms with Crippen LogP contribution in [0, 0.1) is 0 Å². The minimum atomic E-state index is -0.974. The third kappa shape index (κ3) is 5.15. The van der Waals surface area contributed by atoms with Crippen LogP contribution in [0.1, 0.15) is 12.8 Å². The number of aromatic nitrogens is 2. The number of nitrogens with zero attached hydrogens (tertiary/aromatic N) is 4. The lowest BCUT2D eigenvalue weighted by molar-refractivity contribution is -0.138. The van der Waals surface area contributed by atoms with E-state index in [2.05, 4.69) is 20.2 Å². The van der Waals surface area contributed by atoms with Gasteiger partial charge in [-0.2, -0.15) is 0 Å². The fourth-order valence-corrected chi connectivity index (χ4v) is 2.74. The largest absolute Gasteiger partial charge is 0.480 e. The Kier molecular flexibility index (Phi) is 6.73. The summed E-state index contributed by atoms with van der Waals surface area (Å²) in [6.07, 6.45) is 2.69. The van der Waals surface area contributed by atoms with Gasteiger partial charge in [-0.1, -0.05) is 0 Å². The molecule has 1 aliphatic rings. The first-order valence-corrected chi connectivity index (χ1v) is 8.21. The number of nitrogens with one attached hydrogen (secondary N) is 1. The average molecular weight is 353 g/mol. The lowest BCUT2D eigenvalue weighted by Crippen LogP contribution is -2.38. The summed E-state index contributed by atoms with van der Waals surface area (Å²) >= 11 is 0. The molecule has 2 rings (SSSR count). The molecule has 0 amide bonds. The molecule has 0 aliphatic carbocycles. The van der Waals surface area contributed by atoms with Gasteiger partial charge in [0.15, 0.2) is 11.6 Å². The number of ether oxygens (including phenoxy) is 1. The zero-order chi connectivity index (χ0) is 18.4. The molecule has 0 aromatic carbocycles. The summed E-state index contributed by atoms with van der Waals surface area (Å²) in [6, 6.07) is -0.833. The van der Waals surface area contributed by atoms with E-state index in [1.54, 1.807) is 7.11 Å². The van der Waals surface area contributed by atoms with Crippen molar-refractivity contribution in [1.29, 1.82) is 0 Å². The zero-order valence-corrected chi connectivity index (χ0v) is 14.7. The molecule has 0 bridgehead atoms. The van der Waals surface area contributed by atoms with Gasteiger partial charge in [-0.15, -0.1) is 0 Å². The number of nitrogens with two attached hydrogens (primary N) is 2. The molecule has 0 saturated carbocycles. The van der Waals surface area contributed by atoms with Gasteiger partial charge < -0.3 is 36.4 Å². The van der Waals surface area contributed by atoms with Crippen LogP contribution in [0.5, 0.6) is 0 Å². The molecular weight excluding hydrogens is 326 g/mol. The van der Waals surface area contributed by atoms with Gasteiger partial charge in [0.2, 0.25) is 0 Å². The van der Waals surface area contributed by atoms with Gasteiger partial charge in [-0.05, 0) is 26.4 Å². The van der Waals surface area contributed by atoms with E-state index in [0.717, 1.165) is 24.5 Å². The number of rotatable bonds is 10. The van der Waals surface area contributed by atoms with Gasteiger partial charge >= 0.3 is 5.97 Å². The molecule has 0 saturated heterocycles. The van der Waals surface area contributed by atoms with E-state index in [9.17, 15) is 4.79 Å². The molecule has 10 nitrogen and oxygen atoms in total. The molecule has 1 aliphatic heterocycles. The van der Waals surface area contributed by atoms with Gasteiger partial charge in [0.1, 0.15) is 18.1 Å². The fraction of sp³-hybridized carbons (Fsp3) is 0.667. The van der Waals surface area contributed by atoms with Crippen molar-refractivity contribution in [2.75, 3.05) is 56.4 Å². The Hall–Kier alpha value is -2.17. The molecule has 10 heteroatoms. The van der Waals surface area contributed by atoms with Crippen LogP contribution in [-0.2, 0) is 9.53 Å². The number of carboxylic acids is 1. The number of likely N-dealkylation sites (N-methyl/N-ethyl adjacent to an activating group) is 1. The molecule has 2 unspecified atom stereocenters. The van der Waals surface area contributed by atoms with Gasteiger partial charge in [0.05, 0.1) is 12.8 Å². The molecule has 0 spiro atoms. The number of fused-ring (bicyclic) bond motifs is 1. The van der Waals surface area contributed by atoms with Crippen LogP contribution in [0.3, 0.4) is 0 Å². The van der Waals surface area contributed by atoms with E-state index < -0.39 is 12.0 Å². The van der Waals surface area contributed by atoms with E-state index >= 15 is 0 Å². The molecule has 6 N–H and O–H groups in total. The molecular formula is C15H27N7O3. The van der Waals surface area contributed by atoms with Crippen molar-refractivity contribution < 1.29 is 14.6 Å². The Morgan fingerprint density at radius 2 is 2.28 bits per heavy atom. The predicted octanol–water partition coefficient (Wildman–Crippen LogP) is -0.613. The number of hydrogen-bond donors (Lipinski definition) is 4. The second kappa shape index (κ2) is 8.79. The quantitative estimate of drug-likeness (QED) is 0.430. The average Bonchev–Trinajstić information content (AvgIpc) is 3.00.